The van der Waals surface area contributed by atoms with Gasteiger partial charge in [-0.05, 0) is 44.2 Å². The van der Waals surface area contributed by atoms with Crippen molar-refractivity contribution in [3.05, 3.63) is 65.2 Å². The second-order valence-electron chi connectivity index (χ2n) is 5.87. The van der Waals surface area contributed by atoms with Crippen LogP contribution in [0.25, 0.3) is 0 Å². The highest BCUT2D eigenvalue weighted by Gasteiger charge is 2.41. The SMILES string of the molecule is CCOC(=O)c1cccc(OC(=O)C(C)N2C(=O)c3ccccc3C2=O)c1. The van der Waals surface area contributed by atoms with Crippen molar-refractivity contribution >= 4 is 23.8 Å². The van der Waals surface area contributed by atoms with Gasteiger partial charge in [0.25, 0.3) is 11.8 Å². The van der Waals surface area contributed by atoms with Crippen molar-refractivity contribution < 1.29 is 28.7 Å². The Morgan fingerprint density at radius 3 is 2.22 bits per heavy atom. The third-order valence-electron chi connectivity index (χ3n) is 4.12. The molecule has 1 aliphatic rings. The first-order valence-electron chi connectivity index (χ1n) is 8.39. The highest BCUT2D eigenvalue weighted by Crippen LogP contribution is 2.25. The van der Waals surface area contributed by atoms with Crippen molar-refractivity contribution in [1.82, 2.24) is 4.90 Å². The van der Waals surface area contributed by atoms with Crippen molar-refractivity contribution in [3.8, 4) is 5.75 Å². The summed E-state index contributed by atoms with van der Waals surface area (Å²) in [5.74, 6) is -2.29. The fraction of sp³-hybridized carbons (Fsp3) is 0.200. The number of carbonyl (C=O) groups is 4. The Kier molecular flexibility index (Phi) is 5.03. The van der Waals surface area contributed by atoms with Gasteiger partial charge in [0.1, 0.15) is 11.8 Å². The number of fused-ring (bicyclic) bond motifs is 1. The molecule has 7 heteroatoms. The number of hydrogen-bond donors (Lipinski definition) is 0. The maximum Gasteiger partial charge on any atom is 0.338 e. The quantitative estimate of drug-likeness (QED) is 0.458. The molecule has 27 heavy (non-hydrogen) atoms. The molecule has 2 aromatic rings. The lowest BCUT2D eigenvalue weighted by atomic mass is 10.1. The Labute approximate surface area is 155 Å². The Hall–Kier alpha value is -3.48. The first kappa shape index (κ1) is 18.3. The number of esters is 2. The molecule has 2 amide bonds. The second kappa shape index (κ2) is 7.41. The van der Waals surface area contributed by atoms with Crippen LogP contribution in [0.2, 0.25) is 0 Å². The molecule has 0 radical (unpaired) electrons. The molecule has 1 aliphatic heterocycles. The lowest BCUT2D eigenvalue weighted by Crippen LogP contribution is -2.44. The molecule has 1 heterocycles. The van der Waals surface area contributed by atoms with Gasteiger partial charge < -0.3 is 9.47 Å². The van der Waals surface area contributed by atoms with Crippen LogP contribution in [0.5, 0.6) is 5.75 Å². The molecule has 0 aromatic heterocycles. The summed E-state index contributed by atoms with van der Waals surface area (Å²) in [6.07, 6.45) is 0. The van der Waals surface area contributed by atoms with Crippen LogP contribution in [0.1, 0.15) is 44.9 Å². The van der Waals surface area contributed by atoms with Crippen molar-refractivity contribution in [2.45, 2.75) is 19.9 Å². The van der Waals surface area contributed by atoms with E-state index in [4.69, 9.17) is 9.47 Å². The lowest BCUT2D eigenvalue weighted by molar-refractivity contribution is -0.138. The van der Waals surface area contributed by atoms with Crippen molar-refractivity contribution in [3.63, 3.8) is 0 Å². The number of nitrogens with zero attached hydrogens (tertiary/aromatic N) is 1. The fourth-order valence-electron chi connectivity index (χ4n) is 2.77. The topological polar surface area (TPSA) is 90.0 Å². The average molecular weight is 367 g/mol. The number of rotatable bonds is 5. The van der Waals surface area contributed by atoms with Gasteiger partial charge in [0, 0.05) is 0 Å². The third-order valence-corrected chi connectivity index (χ3v) is 4.12. The molecule has 3 rings (SSSR count). The van der Waals surface area contributed by atoms with Crippen LogP contribution in [0, 0.1) is 0 Å². The van der Waals surface area contributed by atoms with Gasteiger partial charge in [-0.2, -0.15) is 0 Å². The minimum Gasteiger partial charge on any atom is -0.462 e. The first-order chi connectivity index (χ1) is 12.9. The summed E-state index contributed by atoms with van der Waals surface area (Å²) in [6, 6.07) is 11.2. The van der Waals surface area contributed by atoms with E-state index in [1.807, 2.05) is 0 Å². The van der Waals surface area contributed by atoms with Crippen LogP contribution >= 0.6 is 0 Å². The number of amides is 2. The highest BCUT2D eigenvalue weighted by atomic mass is 16.5. The number of imide groups is 1. The van der Waals surface area contributed by atoms with E-state index in [0.29, 0.717) is 0 Å². The monoisotopic (exact) mass is 367 g/mol. The van der Waals surface area contributed by atoms with Gasteiger partial charge in [0.05, 0.1) is 23.3 Å². The minimum atomic E-state index is -1.12. The zero-order chi connectivity index (χ0) is 19.6. The summed E-state index contributed by atoms with van der Waals surface area (Å²) in [4.78, 5) is 50.0. The molecule has 0 N–H and O–H groups in total. The van der Waals surface area contributed by atoms with Crippen LogP contribution in [0.4, 0.5) is 0 Å². The number of carbonyl (C=O) groups excluding carboxylic acids is 4. The lowest BCUT2D eigenvalue weighted by Gasteiger charge is -2.20. The Morgan fingerprint density at radius 2 is 1.63 bits per heavy atom. The van der Waals surface area contributed by atoms with E-state index in [1.54, 1.807) is 25.1 Å². The van der Waals surface area contributed by atoms with Crippen LogP contribution in [-0.2, 0) is 9.53 Å². The summed E-state index contributed by atoms with van der Waals surface area (Å²) >= 11 is 0. The fourth-order valence-corrected chi connectivity index (χ4v) is 2.77. The summed E-state index contributed by atoms with van der Waals surface area (Å²) in [7, 11) is 0. The Bertz CT molecular complexity index is 901. The zero-order valence-corrected chi connectivity index (χ0v) is 14.8. The predicted molar refractivity (Wildman–Crippen MR) is 94.4 cm³/mol. The summed E-state index contributed by atoms with van der Waals surface area (Å²) in [6.45, 7) is 3.32. The van der Waals surface area contributed by atoms with Crippen LogP contribution in [0.15, 0.2) is 48.5 Å². The molecular weight excluding hydrogens is 350 g/mol. The maximum absolute atomic E-state index is 12.5. The molecule has 138 valence electrons. The predicted octanol–water partition coefficient (Wildman–Crippen LogP) is 2.45. The molecule has 2 aromatic carbocycles. The molecule has 0 aliphatic carbocycles. The van der Waals surface area contributed by atoms with E-state index in [-0.39, 0.29) is 29.0 Å². The summed E-state index contributed by atoms with van der Waals surface area (Å²) in [5, 5.41) is 0. The molecule has 0 fully saturated rings. The van der Waals surface area contributed by atoms with E-state index in [2.05, 4.69) is 0 Å². The maximum atomic E-state index is 12.5. The largest absolute Gasteiger partial charge is 0.462 e. The molecule has 0 spiro atoms. The smallest absolute Gasteiger partial charge is 0.338 e. The van der Waals surface area contributed by atoms with Gasteiger partial charge in [-0.25, -0.2) is 9.59 Å². The normalized spacial score (nSPS) is 13.9. The molecule has 0 saturated carbocycles. The summed E-state index contributed by atoms with van der Waals surface area (Å²) in [5.41, 5.74) is 0.744. The van der Waals surface area contributed by atoms with Gasteiger partial charge in [0.15, 0.2) is 0 Å². The second-order valence-corrected chi connectivity index (χ2v) is 5.87. The van der Waals surface area contributed by atoms with Crippen LogP contribution in [-0.4, -0.2) is 41.3 Å². The Balaban J connectivity index is 1.76. The summed E-state index contributed by atoms with van der Waals surface area (Å²) < 4.78 is 10.2. The number of ether oxygens (including phenoxy) is 2. The van der Waals surface area contributed by atoms with Gasteiger partial charge >= 0.3 is 11.9 Å². The third kappa shape index (κ3) is 3.44. The van der Waals surface area contributed by atoms with Gasteiger partial charge in [0.2, 0.25) is 0 Å². The molecule has 7 nitrogen and oxygen atoms in total. The molecule has 0 saturated heterocycles. The average Bonchev–Trinajstić information content (AvgIpc) is 2.92. The van der Waals surface area contributed by atoms with E-state index in [1.165, 1.54) is 37.3 Å². The molecule has 0 bridgehead atoms. The Morgan fingerprint density at radius 1 is 1.00 bits per heavy atom. The molecule has 1 unspecified atom stereocenters. The van der Waals surface area contributed by atoms with Crippen LogP contribution < -0.4 is 4.74 Å². The molecule has 1 atom stereocenters. The minimum absolute atomic E-state index is 0.119. The van der Waals surface area contributed by atoms with Gasteiger partial charge in [-0.15, -0.1) is 0 Å². The van der Waals surface area contributed by atoms with Crippen molar-refractivity contribution in [2.24, 2.45) is 0 Å². The van der Waals surface area contributed by atoms with Crippen molar-refractivity contribution in [2.75, 3.05) is 6.61 Å². The van der Waals surface area contributed by atoms with E-state index < -0.39 is 29.8 Å². The molecular formula is C20H17NO6. The number of benzene rings is 2. The number of hydrogen-bond acceptors (Lipinski definition) is 6. The standard InChI is InChI=1S/C20H17NO6/c1-3-26-20(25)13-7-6-8-14(11-13)27-19(24)12(2)21-17(22)15-9-4-5-10-16(15)18(21)23/h4-12H,3H2,1-2H3. The van der Waals surface area contributed by atoms with Crippen molar-refractivity contribution in [1.29, 1.82) is 0 Å². The first-order valence-corrected chi connectivity index (χ1v) is 8.39. The van der Waals surface area contributed by atoms with E-state index >= 15 is 0 Å². The highest BCUT2D eigenvalue weighted by molar-refractivity contribution is 6.22. The van der Waals surface area contributed by atoms with E-state index in [0.717, 1.165) is 4.90 Å². The van der Waals surface area contributed by atoms with Gasteiger partial charge in [-0.3, -0.25) is 14.5 Å². The zero-order valence-electron chi connectivity index (χ0n) is 14.8. The van der Waals surface area contributed by atoms with Gasteiger partial charge in [-0.1, -0.05) is 18.2 Å². The van der Waals surface area contributed by atoms with E-state index in [9.17, 15) is 19.2 Å². The van der Waals surface area contributed by atoms with Crippen LogP contribution in [0.3, 0.4) is 0 Å².